The van der Waals surface area contributed by atoms with Gasteiger partial charge in [-0.25, -0.2) is 4.39 Å². The standard InChI is InChI=1S/C12H15FINO/c1-9-7-15(4-5-16-9)8-10-2-3-11(13)12(14)6-10/h2-3,6,9H,4-5,7-8H2,1H3. The van der Waals surface area contributed by atoms with Crippen LogP contribution in [0.2, 0.25) is 0 Å². The van der Waals surface area contributed by atoms with Crippen LogP contribution in [0.25, 0.3) is 0 Å². The van der Waals surface area contributed by atoms with Gasteiger partial charge in [-0.2, -0.15) is 0 Å². The van der Waals surface area contributed by atoms with E-state index in [9.17, 15) is 4.39 Å². The highest BCUT2D eigenvalue weighted by molar-refractivity contribution is 14.1. The van der Waals surface area contributed by atoms with Crippen molar-refractivity contribution in [1.82, 2.24) is 4.90 Å². The molecule has 1 saturated heterocycles. The van der Waals surface area contributed by atoms with Crippen molar-refractivity contribution in [2.24, 2.45) is 0 Å². The quantitative estimate of drug-likeness (QED) is 0.771. The molecule has 0 saturated carbocycles. The highest BCUT2D eigenvalue weighted by Crippen LogP contribution is 2.15. The van der Waals surface area contributed by atoms with Gasteiger partial charge in [0.2, 0.25) is 0 Å². The van der Waals surface area contributed by atoms with Gasteiger partial charge in [-0.1, -0.05) is 6.07 Å². The molecule has 1 aliphatic heterocycles. The van der Waals surface area contributed by atoms with Crippen LogP contribution in [0.5, 0.6) is 0 Å². The fourth-order valence-electron chi connectivity index (χ4n) is 1.93. The summed E-state index contributed by atoms with van der Waals surface area (Å²) < 4.78 is 19.3. The summed E-state index contributed by atoms with van der Waals surface area (Å²) in [6, 6.07) is 5.31. The summed E-state index contributed by atoms with van der Waals surface area (Å²) in [5, 5.41) is 0. The normalized spacial score (nSPS) is 22.3. The maximum atomic E-state index is 13.1. The van der Waals surface area contributed by atoms with Gasteiger partial charge in [0.15, 0.2) is 0 Å². The van der Waals surface area contributed by atoms with E-state index in [1.807, 2.05) is 34.7 Å². The Kier molecular flexibility index (Phi) is 4.16. The zero-order chi connectivity index (χ0) is 11.5. The van der Waals surface area contributed by atoms with Crippen LogP contribution in [0.1, 0.15) is 12.5 Å². The Labute approximate surface area is 109 Å². The van der Waals surface area contributed by atoms with Crippen molar-refractivity contribution in [1.29, 1.82) is 0 Å². The molecular weight excluding hydrogens is 320 g/mol. The molecule has 16 heavy (non-hydrogen) atoms. The molecule has 2 rings (SSSR count). The molecule has 1 aliphatic rings. The van der Waals surface area contributed by atoms with E-state index in [2.05, 4.69) is 11.8 Å². The zero-order valence-corrected chi connectivity index (χ0v) is 11.4. The average molecular weight is 335 g/mol. The maximum absolute atomic E-state index is 13.1. The molecule has 88 valence electrons. The second kappa shape index (κ2) is 5.42. The lowest BCUT2D eigenvalue weighted by Crippen LogP contribution is -2.40. The summed E-state index contributed by atoms with van der Waals surface area (Å²) in [5.74, 6) is -0.139. The molecule has 0 amide bonds. The Morgan fingerprint density at radius 1 is 1.56 bits per heavy atom. The first kappa shape index (κ1) is 12.3. The van der Waals surface area contributed by atoms with Crippen molar-refractivity contribution >= 4 is 22.6 Å². The van der Waals surface area contributed by atoms with Gasteiger partial charge in [0.25, 0.3) is 0 Å². The van der Waals surface area contributed by atoms with E-state index in [1.54, 1.807) is 6.07 Å². The second-order valence-corrected chi connectivity index (χ2v) is 5.33. The van der Waals surface area contributed by atoms with Crippen LogP contribution in [0.15, 0.2) is 18.2 Å². The monoisotopic (exact) mass is 335 g/mol. The lowest BCUT2D eigenvalue weighted by atomic mass is 10.2. The first-order valence-electron chi connectivity index (χ1n) is 5.43. The van der Waals surface area contributed by atoms with E-state index in [1.165, 1.54) is 5.56 Å². The van der Waals surface area contributed by atoms with Gasteiger partial charge in [0.05, 0.1) is 12.7 Å². The van der Waals surface area contributed by atoms with Crippen molar-refractivity contribution in [2.45, 2.75) is 19.6 Å². The predicted molar refractivity (Wildman–Crippen MR) is 69.8 cm³/mol. The molecule has 0 radical (unpaired) electrons. The van der Waals surface area contributed by atoms with Gasteiger partial charge < -0.3 is 4.74 Å². The summed E-state index contributed by atoms with van der Waals surface area (Å²) in [6.07, 6.45) is 0.299. The van der Waals surface area contributed by atoms with Gasteiger partial charge in [-0.3, -0.25) is 4.90 Å². The Morgan fingerprint density at radius 2 is 2.38 bits per heavy atom. The first-order chi connectivity index (χ1) is 7.65. The van der Waals surface area contributed by atoms with Crippen molar-refractivity contribution in [3.63, 3.8) is 0 Å². The van der Waals surface area contributed by atoms with Crippen LogP contribution < -0.4 is 0 Å². The van der Waals surface area contributed by atoms with Gasteiger partial charge in [0.1, 0.15) is 5.82 Å². The molecule has 1 aromatic carbocycles. The summed E-state index contributed by atoms with van der Waals surface area (Å²) in [7, 11) is 0. The molecule has 0 aromatic heterocycles. The Balaban J connectivity index is 2.00. The predicted octanol–water partition coefficient (Wildman–Crippen LogP) is 2.65. The van der Waals surface area contributed by atoms with Crippen molar-refractivity contribution in [3.05, 3.63) is 33.1 Å². The fraction of sp³-hybridized carbons (Fsp3) is 0.500. The van der Waals surface area contributed by atoms with E-state index < -0.39 is 0 Å². The Morgan fingerprint density at radius 3 is 3.06 bits per heavy atom. The van der Waals surface area contributed by atoms with Crippen molar-refractivity contribution in [2.75, 3.05) is 19.7 Å². The molecule has 1 unspecified atom stereocenters. The largest absolute Gasteiger partial charge is 0.376 e. The highest BCUT2D eigenvalue weighted by atomic mass is 127. The van der Waals surface area contributed by atoms with Crippen LogP contribution in [0.3, 0.4) is 0 Å². The third kappa shape index (κ3) is 3.15. The van der Waals surface area contributed by atoms with Crippen molar-refractivity contribution in [3.8, 4) is 0 Å². The van der Waals surface area contributed by atoms with E-state index in [0.29, 0.717) is 9.67 Å². The minimum absolute atomic E-state index is 0.139. The molecule has 0 spiro atoms. The number of benzene rings is 1. The summed E-state index contributed by atoms with van der Waals surface area (Å²) in [5.41, 5.74) is 1.17. The van der Waals surface area contributed by atoms with E-state index in [-0.39, 0.29) is 5.82 Å². The topological polar surface area (TPSA) is 12.5 Å². The Bertz CT molecular complexity index is 372. The second-order valence-electron chi connectivity index (χ2n) is 4.16. The SMILES string of the molecule is CC1CN(Cc2ccc(F)c(I)c2)CCO1. The van der Waals surface area contributed by atoms with E-state index in [0.717, 1.165) is 26.2 Å². The number of nitrogens with zero attached hydrogens (tertiary/aromatic N) is 1. The summed E-state index contributed by atoms with van der Waals surface area (Å²) in [4.78, 5) is 2.34. The molecule has 1 atom stereocenters. The molecule has 4 heteroatoms. The molecule has 2 nitrogen and oxygen atoms in total. The van der Waals surface area contributed by atoms with E-state index in [4.69, 9.17) is 4.74 Å². The van der Waals surface area contributed by atoms with Crippen LogP contribution >= 0.6 is 22.6 Å². The number of halogens is 2. The van der Waals surface area contributed by atoms with Gasteiger partial charge in [-0.05, 0) is 47.2 Å². The molecule has 0 N–H and O–H groups in total. The average Bonchev–Trinajstić information content (AvgIpc) is 2.24. The molecule has 1 heterocycles. The number of hydrogen-bond donors (Lipinski definition) is 0. The zero-order valence-electron chi connectivity index (χ0n) is 9.25. The summed E-state index contributed by atoms with van der Waals surface area (Å²) >= 11 is 2.03. The number of hydrogen-bond acceptors (Lipinski definition) is 2. The van der Waals surface area contributed by atoms with E-state index >= 15 is 0 Å². The smallest absolute Gasteiger partial charge is 0.136 e. The molecule has 0 bridgehead atoms. The lowest BCUT2D eigenvalue weighted by molar-refractivity contribution is -0.0212. The first-order valence-corrected chi connectivity index (χ1v) is 6.51. The maximum Gasteiger partial charge on any atom is 0.136 e. The molecular formula is C12H15FINO. The van der Waals surface area contributed by atoms with Gasteiger partial charge in [0, 0.05) is 23.2 Å². The molecule has 1 aromatic rings. The highest BCUT2D eigenvalue weighted by Gasteiger charge is 2.16. The molecule has 0 aliphatic carbocycles. The fourth-order valence-corrected chi connectivity index (χ4v) is 2.51. The van der Waals surface area contributed by atoms with Crippen LogP contribution in [0, 0.1) is 9.39 Å². The lowest BCUT2D eigenvalue weighted by Gasteiger charge is -2.31. The Hall–Kier alpha value is -0.200. The van der Waals surface area contributed by atoms with Crippen LogP contribution in [-0.4, -0.2) is 30.7 Å². The number of rotatable bonds is 2. The van der Waals surface area contributed by atoms with Gasteiger partial charge in [-0.15, -0.1) is 0 Å². The number of ether oxygens (including phenoxy) is 1. The van der Waals surface area contributed by atoms with Crippen LogP contribution in [0.4, 0.5) is 4.39 Å². The third-order valence-electron chi connectivity index (χ3n) is 2.72. The minimum Gasteiger partial charge on any atom is -0.376 e. The van der Waals surface area contributed by atoms with Gasteiger partial charge >= 0.3 is 0 Å². The van der Waals surface area contributed by atoms with Crippen molar-refractivity contribution < 1.29 is 9.13 Å². The third-order valence-corrected chi connectivity index (χ3v) is 3.54. The minimum atomic E-state index is -0.139. The summed E-state index contributed by atoms with van der Waals surface area (Å²) in [6.45, 7) is 5.66. The number of morpholine rings is 1. The molecule has 1 fully saturated rings. The van der Waals surface area contributed by atoms with Crippen LogP contribution in [-0.2, 0) is 11.3 Å².